The van der Waals surface area contributed by atoms with Crippen molar-refractivity contribution in [1.29, 1.82) is 0 Å². The van der Waals surface area contributed by atoms with Gasteiger partial charge in [0.1, 0.15) is 11.5 Å². The maximum Gasteiger partial charge on any atom is 0.245 e. The van der Waals surface area contributed by atoms with Crippen LogP contribution in [-0.4, -0.2) is 16.7 Å². The number of aryl methyl sites for hydroxylation is 1. The van der Waals surface area contributed by atoms with Crippen molar-refractivity contribution in [1.82, 2.24) is 9.99 Å². The highest BCUT2D eigenvalue weighted by atomic mass is 35.5. The van der Waals surface area contributed by atoms with Crippen LogP contribution in [0, 0.1) is 0 Å². The van der Waals surface area contributed by atoms with E-state index in [-0.39, 0.29) is 12.3 Å². The highest BCUT2D eigenvalue weighted by molar-refractivity contribution is 6.30. The number of hydrogen-bond donors (Lipinski definition) is 1. The first-order chi connectivity index (χ1) is 11.6. The molecule has 0 radical (unpaired) electrons. The van der Waals surface area contributed by atoms with E-state index in [9.17, 15) is 4.79 Å². The summed E-state index contributed by atoms with van der Waals surface area (Å²) < 4.78 is 7.57. The molecule has 0 aliphatic rings. The standard InChI is InChI=1S/C18H16ClN3O2/c1-22-10-2-3-15(22)11-18(23)21-20-12-16-8-9-17(24-16)13-4-6-14(19)7-5-13/h2-10,12H,11H2,1H3,(H,21,23)/b20-12+. The van der Waals surface area contributed by atoms with Crippen LogP contribution in [-0.2, 0) is 18.3 Å². The summed E-state index contributed by atoms with van der Waals surface area (Å²) in [7, 11) is 1.90. The topological polar surface area (TPSA) is 59.5 Å². The fourth-order valence-corrected chi connectivity index (χ4v) is 2.37. The number of nitrogens with zero attached hydrogens (tertiary/aromatic N) is 2. The van der Waals surface area contributed by atoms with Crippen molar-refractivity contribution in [3.05, 3.63) is 71.2 Å². The van der Waals surface area contributed by atoms with E-state index in [0.717, 1.165) is 11.3 Å². The van der Waals surface area contributed by atoms with Crippen molar-refractivity contribution in [3.8, 4) is 11.3 Å². The van der Waals surface area contributed by atoms with Gasteiger partial charge in [-0.25, -0.2) is 5.43 Å². The lowest BCUT2D eigenvalue weighted by Crippen LogP contribution is -2.20. The van der Waals surface area contributed by atoms with Gasteiger partial charge in [-0.1, -0.05) is 11.6 Å². The number of furan rings is 1. The average molecular weight is 342 g/mol. The molecule has 1 aromatic carbocycles. The summed E-state index contributed by atoms with van der Waals surface area (Å²) in [5, 5.41) is 4.60. The van der Waals surface area contributed by atoms with Gasteiger partial charge < -0.3 is 8.98 Å². The fraction of sp³-hybridized carbons (Fsp3) is 0.111. The lowest BCUT2D eigenvalue weighted by Gasteiger charge is -2.01. The molecule has 122 valence electrons. The van der Waals surface area contributed by atoms with Crippen LogP contribution in [0.25, 0.3) is 11.3 Å². The summed E-state index contributed by atoms with van der Waals surface area (Å²) >= 11 is 5.87. The van der Waals surface area contributed by atoms with E-state index in [1.807, 2.05) is 48.1 Å². The zero-order chi connectivity index (χ0) is 16.9. The van der Waals surface area contributed by atoms with Gasteiger partial charge in [0, 0.05) is 29.5 Å². The molecule has 1 amide bonds. The molecule has 0 saturated heterocycles. The molecule has 0 spiro atoms. The highest BCUT2D eigenvalue weighted by Crippen LogP contribution is 2.23. The Morgan fingerprint density at radius 3 is 2.75 bits per heavy atom. The normalized spacial score (nSPS) is 11.1. The van der Waals surface area contributed by atoms with Crippen molar-refractivity contribution < 1.29 is 9.21 Å². The minimum atomic E-state index is -0.183. The second kappa shape index (κ2) is 7.19. The molecule has 0 aliphatic carbocycles. The van der Waals surface area contributed by atoms with Crippen molar-refractivity contribution in [2.45, 2.75) is 6.42 Å². The van der Waals surface area contributed by atoms with Crippen molar-refractivity contribution in [2.24, 2.45) is 12.1 Å². The molecule has 0 bridgehead atoms. The number of hydrogen-bond acceptors (Lipinski definition) is 3. The van der Waals surface area contributed by atoms with Crippen LogP contribution >= 0.6 is 11.6 Å². The van der Waals surface area contributed by atoms with Gasteiger partial charge in [0.2, 0.25) is 5.91 Å². The largest absolute Gasteiger partial charge is 0.455 e. The first kappa shape index (κ1) is 16.1. The van der Waals surface area contributed by atoms with Crippen LogP contribution in [0.2, 0.25) is 5.02 Å². The van der Waals surface area contributed by atoms with E-state index < -0.39 is 0 Å². The van der Waals surface area contributed by atoms with Gasteiger partial charge in [0.25, 0.3) is 0 Å². The Morgan fingerprint density at radius 2 is 2.04 bits per heavy atom. The Balaban J connectivity index is 1.58. The molecule has 1 N–H and O–H groups in total. The number of rotatable bonds is 5. The third-order valence-corrected chi connectivity index (χ3v) is 3.78. The molecule has 0 aliphatic heterocycles. The molecule has 24 heavy (non-hydrogen) atoms. The maximum absolute atomic E-state index is 11.8. The lowest BCUT2D eigenvalue weighted by molar-refractivity contribution is -0.120. The molecule has 5 nitrogen and oxygen atoms in total. The fourth-order valence-electron chi connectivity index (χ4n) is 2.24. The molecule has 0 saturated carbocycles. The summed E-state index contributed by atoms with van der Waals surface area (Å²) in [4.78, 5) is 11.8. The Labute approximate surface area is 144 Å². The quantitative estimate of drug-likeness (QED) is 0.569. The van der Waals surface area contributed by atoms with Crippen molar-refractivity contribution in [3.63, 3.8) is 0 Å². The molecule has 3 rings (SSSR count). The molecule has 2 heterocycles. The predicted octanol–water partition coefficient (Wildman–Crippen LogP) is 3.63. The number of halogens is 1. The molecule has 2 aromatic heterocycles. The smallest absolute Gasteiger partial charge is 0.245 e. The maximum atomic E-state index is 11.8. The molecular weight excluding hydrogens is 326 g/mol. The monoisotopic (exact) mass is 341 g/mol. The predicted molar refractivity (Wildman–Crippen MR) is 94.0 cm³/mol. The van der Waals surface area contributed by atoms with E-state index in [0.29, 0.717) is 16.5 Å². The van der Waals surface area contributed by atoms with Gasteiger partial charge in [-0.3, -0.25) is 4.79 Å². The SMILES string of the molecule is Cn1cccc1CC(=O)N/N=C/c1ccc(-c2ccc(Cl)cc2)o1. The van der Waals surface area contributed by atoms with Gasteiger partial charge in [0.15, 0.2) is 0 Å². The van der Waals surface area contributed by atoms with Crippen molar-refractivity contribution >= 4 is 23.7 Å². The van der Waals surface area contributed by atoms with Gasteiger partial charge in [0.05, 0.1) is 12.6 Å². The van der Waals surface area contributed by atoms with E-state index in [1.165, 1.54) is 6.21 Å². The molecule has 0 fully saturated rings. The summed E-state index contributed by atoms with van der Waals surface area (Å²) in [6, 6.07) is 14.8. The number of aromatic nitrogens is 1. The summed E-state index contributed by atoms with van der Waals surface area (Å²) in [6.45, 7) is 0. The lowest BCUT2D eigenvalue weighted by atomic mass is 10.2. The second-order valence-electron chi connectivity index (χ2n) is 5.29. The molecule has 3 aromatic rings. The van der Waals surface area contributed by atoms with Gasteiger partial charge >= 0.3 is 0 Å². The average Bonchev–Trinajstić information content (AvgIpc) is 3.18. The zero-order valence-electron chi connectivity index (χ0n) is 13.1. The number of carbonyl (C=O) groups is 1. The van der Waals surface area contributed by atoms with Gasteiger partial charge in [-0.15, -0.1) is 0 Å². The van der Waals surface area contributed by atoms with Crippen molar-refractivity contribution in [2.75, 3.05) is 0 Å². The van der Waals surface area contributed by atoms with E-state index in [4.69, 9.17) is 16.0 Å². The number of hydrazone groups is 1. The molecular formula is C18H16ClN3O2. The second-order valence-corrected chi connectivity index (χ2v) is 5.73. The minimum Gasteiger partial charge on any atom is -0.455 e. The Morgan fingerprint density at radius 1 is 1.25 bits per heavy atom. The number of nitrogens with one attached hydrogen (secondary N) is 1. The number of carbonyl (C=O) groups excluding carboxylic acids is 1. The first-order valence-corrected chi connectivity index (χ1v) is 7.77. The Kier molecular flexibility index (Phi) is 4.82. The van der Waals surface area contributed by atoms with E-state index >= 15 is 0 Å². The third-order valence-electron chi connectivity index (χ3n) is 3.53. The summed E-state index contributed by atoms with van der Waals surface area (Å²) in [5.74, 6) is 1.08. The number of amides is 1. The van der Waals surface area contributed by atoms with Crippen LogP contribution in [0.5, 0.6) is 0 Å². The van der Waals surface area contributed by atoms with Gasteiger partial charge in [-0.05, 0) is 48.5 Å². The van der Waals surface area contributed by atoms with Crippen LogP contribution < -0.4 is 5.43 Å². The first-order valence-electron chi connectivity index (χ1n) is 7.40. The third kappa shape index (κ3) is 3.94. The van der Waals surface area contributed by atoms with Gasteiger partial charge in [-0.2, -0.15) is 5.10 Å². The molecule has 0 atom stereocenters. The van der Waals surface area contributed by atoms with Crippen LogP contribution in [0.3, 0.4) is 0 Å². The van der Waals surface area contributed by atoms with E-state index in [1.54, 1.807) is 18.2 Å². The minimum absolute atomic E-state index is 0.183. The molecule has 0 unspecified atom stereocenters. The summed E-state index contributed by atoms with van der Waals surface area (Å²) in [6.07, 6.45) is 3.64. The van der Waals surface area contributed by atoms with Crippen LogP contribution in [0.4, 0.5) is 0 Å². The highest BCUT2D eigenvalue weighted by Gasteiger charge is 2.05. The van der Waals surface area contributed by atoms with Crippen LogP contribution in [0.15, 0.2) is 64.2 Å². The molecule has 6 heteroatoms. The zero-order valence-corrected chi connectivity index (χ0v) is 13.8. The Bertz CT molecular complexity index is 863. The Hall–Kier alpha value is -2.79. The van der Waals surface area contributed by atoms with Crippen LogP contribution in [0.1, 0.15) is 11.5 Å². The van der Waals surface area contributed by atoms with E-state index in [2.05, 4.69) is 10.5 Å². The number of benzene rings is 1. The summed E-state index contributed by atoms with van der Waals surface area (Å²) in [5.41, 5.74) is 4.34.